The van der Waals surface area contributed by atoms with Crippen LogP contribution >= 0.6 is 0 Å². The van der Waals surface area contributed by atoms with Crippen molar-refractivity contribution >= 4 is 11.5 Å². The monoisotopic (exact) mass is 222 g/mol. The van der Waals surface area contributed by atoms with Crippen LogP contribution in [0.1, 0.15) is 10.4 Å². The molecule has 0 aromatic heterocycles. The van der Waals surface area contributed by atoms with E-state index in [0.717, 1.165) is 5.69 Å². The van der Waals surface area contributed by atoms with Crippen molar-refractivity contribution in [1.29, 1.82) is 0 Å². The standard InChI is InChI=1S/C12H18N2O2/c1-13-9-12(16)10-3-5-11(6-4-10)14(2)7-8-15/h3-6,13,15H,7-9H2,1-2H3. The van der Waals surface area contributed by atoms with Crippen molar-refractivity contribution in [1.82, 2.24) is 5.32 Å². The number of nitrogens with one attached hydrogen (secondary N) is 1. The van der Waals surface area contributed by atoms with E-state index < -0.39 is 0 Å². The van der Waals surface area contributed by atoms with Crippen LogP contribution in [0, 0.1) is 0 Å². The Morgan fingerprint density at radius 1 is 1.38 bits per heavy atom. The molecular formula is C12H18N2O2. The maximum Gasteiger partial charge on any atom is 0.176 e. The number of anilines is 1. The van der Waals surface area contributed by atoms with Crippen molar-refractivity contribution in [3.63, 3.8) is 0 Å². The topological polar surface area (TPSA) is 52.6 Å². The number of nitrogens with zero attached hydrogens (tertiary/aromatic N) is 1. The highest BCUT2D eigenvalue weighted by Crippen LogP contribution is 2.13. The lowest BCUT2D eigenvalue weighted by atomic mass is 10.1. The average Bonchev–Trinajstić information content (AvgIpc) is 2.30. The predicted octanol–water partition coefficient (Wildman–Crippen LogP) is 0.517. The fourth-order valence-corrected chi connectivity index (χ4v) is 1.44. The van der Waals surface area contributed by atoms with E-state index in [1.807, 2.05) is 36.2 Å². The summed E-state index contributed by atoms with van der Waals surface area (Å²) in [5.74, 6) is 0.0823. The molecule has 1 aromatic rings. The fraction of sp³-hybridized carbons (Fsp3) is 0.417. The third-order valence-electron chi connectivity index (χ3n) is 2.40. The molecule has 4 heteroatoms. The van der Waals surface area contributed by atoms with Crippen molar-refractivity contribution < 1.29 is 9.90 Å². The highest BCUT2D eigenvalue weighted by atomic mass is 16.3. The summed E-state index contributed by atoms with van der Waals surface area (Å²) < 4.78 is 0. The molecule has 0 atom stereocenters. The Hall–Kier alpha value is -1.39. The lowest BCUT2D eigenvalue weighted by molar-refractivity contribution is 0.0993. The van der Waals surface area contributed by atoms with E-state index in [1.54, 1.807) is 7.05 Å². The van der Waals surface area contributed by atoms with Crippen LogP contribution in [-0.2, 0) is 0 Å². The number of likely N-dealkylation sites (N-methyl/N-ethyl adjacent to an activating group) is 2. The Balaban J connectivity index is 2.71. The summed E-state index contributed by atoms with van der Waals surface area (Å²) in [7, 11) is 3.65. The minimum atomic E-state index is 0.0823. The number of ketones is 1. The van der Waals surface area contributed by atoms with Crippen LogP contribution in [-0.4, -0.2) is 44.7 Å². The molecule has 0 aliphatic heterocycles. The molecule has 0 amide bonds. The second-order valence-corrected chi connectivity index (χ2v) is 3.65. The van der Waals surface area contributed by atoms with E-state index >= 15 is 0 Å². The molecule has 88 valence electrons. The van der Waals surface area contributed by atoms with Gasteiger partial charge in [-0.2, -0.15) is 0 Å². The minimum absolute atomic E-state index is 0.0823. The summed E-state index contributed by atoms with van der Waals surface area (Å²) in [6.45, 7) is 1.06. The molecule has 1 aromatic carbocycles. The summed E-state index contributed by atoms with van der Waals surface area (Å²) in [6, 6.07) is 7.39. The molecule has 0 heterocycles. The van der Waals surface area contributed by atoms with Gasteiger partial charge in [0.2, 0.25) is 0 Å². The van der Waals surface area contributed by atoms with Crippen molar-refractivity contribution in [3.8, 4) is 0 Å². The van der Waals surface area contributed by atoms with E-state index in [2.05, 4.69) is 5.32 Å². The number of aliphatic hydroxyl groups excluding tert-OH is 1. The van der Waals surface area contributed by atoms with Crippen LogP contribution < -0.4 is 10.2 Å². The number of aliphatic hydroxyl groups is 1. The van der Waals surface area contributed by atoms with E-state index in [4.69, 9.17) is 5.11 Å². The van der Waals surface area contributed by atoms with Gasteiger partial charge in [0.05, 0.1) is 13.2 Å². The third kappa shape index (κ3) is 3.32. The number of hydrogen-bond donors (Lipinski definition) is 2. The van der Waals surface area contributed by atoms with Gasteiger partial charge in [-0.3, -0.25) is 4.79 Å². The molecular weight excluding hydrogens is 204 g/mol. The molecule has 0 aliphatic carbocycles. The summed E-state index contributed by atoms with van der Waals surface area (Å²) in [4.78, 5) is 13.5. The molecule has 0 bridgehead atoms. The van der Waals surface area contributed by atoms with E-state index in [0.29, 0.717) is 18.7 Å². The number of carbonyl (C=O) groups excluding carboxylic acids is 1. The van der Waals surface area contributed by atoms with Crippen LogP contribution in [0.15, 0.2) is 24.3 Å². The number of Topliss-reactive ketones (excluding diaryl/α,β-unsaturated/α-hetero) is 1. The Labute approximate surface area is 95.9 Å². The molecule has 1 rings (SSSR count). The zero-order valence-electron chi connectivity index (χ0n) is 9.73. The largest absolute Gasteiger partial charge is 0.395 e. The zero-order valence-corrected chi connectivity index (χ0v) is 9.73. The van der Waals surface area contributed by atoms with Gasteiger partial charge in [0.25, 0.3) is 0 Å². The van der Waals surface area contributed by atoms with Crippen molar-refractivity contribution in [2.45, 2.75) is 0 Å². The van der Waals surface area contributed by atoms with Crippen molar-refractivity contribution in [2.24, 2.45) is 0 Å². The number of rotatable bonds is 6. The zero-order chi connectivity index (χ0) is 12.0. The van der Waals surface area contributed by atoms with Crippen LogP contribution in [0.2, 0.25) is 0 Å². The predicted molar refractivity (Wildman–Crippen MR) is 65.1 cm³/mol. The minimum Gasteiger partial charge on any atom is -0.395 e. The van der Waals surface area contributed by atoms with Gasteiger partial charge < -0.3 is 15.3 Å². The maximum atomic E-state index is 11.5. The van der Waals surface area contributed by atoms with Gasteiger partial charge in [-0.15, -0.1) is 0 Å². The quantitative estimate of drug-likeness (QED) is 0.689. The molecule has 4 nitrogen and oxygen atoms in total. The maximum absolute atomic E-state index is 11.5. The van der Waals surface area contributed by atoms with Gasteiger partial charge >= 0.3 is 0 Å². The first-order valence-corrected chi connectivity index (χ1v) is 5.29. The molecule has 0 spiro atoms. The molecule has 16 heavy (non-hydrogen) atoms. The Morgan fingerprint density at radius 2 is 2.00 bits per heavy atom. The SMILES string of the molecule is CNCC(=O)c1ccc(N(C)CCO)cc1. The van der Waals surface area contributed by atoms with Crippen LogP contribution in [0.4, 0.5) is 5.69 Å². The molecule has 2 N–H and O–H groups in total. The van der Waals surface area contributed by atoms with Crippen LogP contribution in [0.5, 0.6) is 0 Å². The first-order chi connectivity index (χ1) is 7.69. The number of hydrogen-bond acceptors (Lipinski definition) is 4. The fourth-order valence-electron chi connectivity index (χ4n) is 1.44. The van der Waals surface area contributed by atoms with E-state index in [-0.39, 0.29) is 12.4 Å². The normalized spacial score (nSPS) is 10.2. The van der Waals surface area contributed by atoms with Gasteiger partial charge in [-0.05, 0) is 31.3 Å². The molecule has 0 radical (unpaired) electrons. The number of benzene rings is 1. The first kappa shape index (κ1) is 12.7. The molecule has 0 saturated heterocycles. The smallest absolute Gasteiger partial charge is 0.176 e. The highest BCUT2D eigenvalue weighted by Gasteiger charge is 2.05. The molecule has 0 aliphatic rings. The second-order valence-electron chi connectivity index (χ2n) is 3.65. The molecule has 0 fully saturated rings. The van der Waals surface area contributed by atoms with Gasteiger partial charge in [-0.25, -0.2) is 0 Å². The third-order valence-corrected chi connectivity index (χ3v) is 2.40. The van der Waals surface area contributed by atoms with Gasteiger partial charge in [0, 0.05) is 24.8 Å². The first-order valence-electron chi connectivity index (χ1n) is 5.29. The second kappa shape index (κ2) is 6.25. The lowest BCUT2D eigenvalue weighted by Gasteiger charge is -2.17. The van der Waals surface area contributed by atoms with Crippen LogP contribution in [0.3, 0.4) is 0 Å². The summed E-state index contributed by atoms with van der Waals surface area (Å²) in [6.07, 6.45) is 0. The van der Waals surface area contributed by atoms with Crippen molar-refractivity contribution in [3.05, 3.63) is 29.8 Å². The van der Waals surface area contributed by atoms with Crippen molar-refractivity contribution in [2.75, 3.05) is 38.7 Å². The molecule has 0 unspecified atom stereocenters. The lowest BCUT2D eigenvalue weighted by Crippen LogP contribution is -2.21. The van der Waals surface area contributed by atoms with Gasteiger partial charge in [-0.1, -0.05) is 0 Å². The Morgan fingerprint density at radius 3 is 2.50 bits per heavy atom. The van der Waals surface area contributed by atoms with Crippen LogP contribution in [0.25, 0.3) is 0 Å². The summed E-state index contributed by atoms with van der Waals surface area (Å²) in [5.41, 5.74) is 1.70. The van der Waals surface area contributed by atoms with E-state index in [9.17, 15) is 4.79 Å². The van der Waals surface area contributed by atoms with E-state index in [1.165, 1.54) is 0 Å². The Bertz CT molecular complexity index is 335. The molecule has 0 saturated carbocycles. The highest BCUT2D eigenvalue weighted by molar-refractivity contribution is 5.97. The average molecular weight is 222 g/mol. The Kier molecular flexibility index (Phi) is 4.95. The summed E-state index contributed by atoms with van der Waals surface area (Å²) >= 11 is 0. The summed E-state index contributed by atoms with van der Waals surface area (Å²) in [5, 5.41) is 11.6. The number of carbonyl (C=O) groups is 1. The van der Waals surface area contributed by atoms with Gasteiger partial charge in [0.15, 0.2) is 5.78 Å². The van der Waals surface area contributed by atoms with Gasteiger partial charge in [0.1, 0.15) is 0 Å².